The molecule has 2 rings (SSSR count). The average Bonchev–Trinajstić information content (AvgIpc) is 2.76. The molecule has 0 radical (unpaired) electrons. The van der Waals surface area contributed by atoms with E-state index in [9.17, 15) is 5.11 Å². The Labute approximate surface area is 139 Å². The molecule has 7 heteroatoms. The molecule has 0 saturated heterocycles. The third kappa shape index (κ3) is 3.07. The van der Waals surface area contributed by atoms with Gasteiger partial charge in [0.05, 0.1) is 23.0 Å². The number of ether oxygens (including phenoxy) is 2. The van der Waals surface area contributed by atoms with Crippen LogP contribution >= 0.6 is 50.5 Å². The normalized spacial score (nSPS) is 12.3. The molecular formula is C13H11BrCl2O3S. The molecule has 0 spiro atoms. The van der Waals surface area contributed by atoms with Gasteiger partial charge in [-0.2, -0.15) is 0 Å². The number of rotatable bonds is 4. The third-order valence-corrected chi connectivity index (χ3v) is 4.91. The maximum Gasteiger partial charge on any atom is 0.133 e. The lowest BCUT2D eigenvalue weighted by Gasteiger charge is -2.16. The molecule has 20 heavy (non-hydrogen) atoms. The van der Waals surface area contributed by atoms with Crippen LogP contribution in [0.5, 0.6) is 11.5 Å². The molecule has 0 fully saturated rings. The first kappa shape index (κ1) is 15.9. The second-order valence-electron chi connectivity index (χ2n) is 3.91. The van der Waals surface area contributed by atoms with Gasteiger partial charge in [-0.1, -0.05) is 23.2 Å². The van der Waals surface area contributed by atoms with E-state index in [1.807, 2.05) is 0 Å². The van der Waals surface area contributed by atoms with E-state index in [2.05, 4.69) is 15.9 Å². The van der Waals surface area contributed by atoms with Gasteiger partial charge in [0.15, 0.2) is 0 Å². The molecule has 0 aliphatic rings. The fourth-order valence-corrected chi connectivity index (χ4v) is 3.81. The first-order valence-corrected chi connectivity index (χ1v) is 7.88. The monoisotopic (exact) mass is 396 g/mol. The molecule has 1 unspecified atom stereocenters. The van der Waals surface area contributed by atoms with Gasteiger partial charge in [0.2, 0.25) is 0 Å². The van der Waals surface area contributed by atoms with E-state index in [-0.39, 0.29) is 0 Å². The van der Waals surface area contributed by atoms with Gasteiger partial charge >= 0.3 is 0 Å². The van der Waals surface area contributed by atoms with Crippen molar-refractivity contribution in [2.45, 2.75) is 6.10 Å². The Morgan fingerprint density at radius 3 is 2.25 bits per heavy atom. The highest BCUT2D eigenvalue weighted by Gasteiger charge is 2.22. The number of hydrogen-bond acceptors (Lipinski definition) is 4. The highest BCUT2D eigenvalue weighted by molar-refractivity contribution is 9.10. The van der Waals surface area contributed by atoms with Crippen LogP contribution in [0.15, 0.2) is 22.7 Å². The van der Waals surface area contributed by atoms with E-state index in [0.29, 0.717) is 31.3 Å². The molecule has 2 aromatic rings. The van der Waals surface area contributed by atoms with Crippen molar-refractivity contribution >= 4 is 50.5 Å². The van der Waals surface area contributed by atoms with Crippen LogP contribution in [0.2, 0.25) is 8.67 Å². The zero-order valence-electron chi connectivity index (χ0n) is 10.6. The summed E-state index contributed by atoms with van der Waals surface area (Å²) in [6.07, 6.45) is -0.941. The number of halogens is 3. The molecule has 0 amide bonds. The van der Waals surface area contributed by atoms with Crippen LogP contribution in [0.1, 0.15) is 17.2 Å². The van der Waals surface area contributed by atoms with E-state index in [0.717, 1.165) is 4.47 Å². The zero-order valence-corrected chi connectivity index (χ0v) is 14.5. The summed E-state index contributed by atoms with van der Waals surface area (Å²) < 4.78 is 12.2. The molecular weight excluding hydrogens is 387 g/mol. The molecule has 0 aliphatic heterocycles. The first-order chi connectivity index (χ1) is 9.47. The van der Waals surface area contributed by atoms with Crippen molar-refractivity contribution in [2.75, 3.05) is 14.2 Å². The van der Waals surface area contributed by atoms with Crippen molar-refractivity contribution in [3.63, 3.8) is 0 Å². The minimum Gasteiger partial charge on any atom is -0.496 e. The van der Waals surface area contributed by atoms with E-state index in [1.54, 1.807) is 25.3 Å². The van der Waals surface area contributed by atoms with Crippen LogP contribution in [0, 0.1) is 0 Å². The van der Waals surface area contributed by atoms with Crippen molar-refractivity contribution < 1.29 is 14.6 Å². The Balaban J connectivity index is 2.53. The zero-order chi connectivity index (χ0) is 14.9. The minimum atomic E-state index is -0.941. The number of aliphatic hydroxyl groups is 1. The highest BCUT2D eigenvalue weighted by atomic mass is 79.9. The van der Waals surface area contributed by atoms with Crippen LogP contribution in [-0.2, 0) is 0 Å². The Kier molecular flexibility index (Phi) is 5.20. The fraction of sp³-hybridized carbons (Fsp3) is 0.231. The summed E-state index contributed by atoms with van der Waals surface area (Å²) >= 11 is 16.6. The van der Waals surface area contributed by atoms with Gasteiger partial charge in [0.1, 0.15) is 21.9 Å². The van der Waals surface area contributed by atoms with Crippen molar-refractivity contribution in [2.24, 2.45) is 0 Å². The van der Waals surface area contributed by atoms with Crippen LogP contribution < -0.4 is 9.47 Å². The smallest absolute Gasteiger partial charge is 0.133 e. The lowest BCUT2D eigenvalue weighted by atomic mass is 10.0. The van der Waals surface area contributed by atoms with Crippen LogP contribution in [0.3, 0.4) is 0 Å². The van der Waals surface area contributed by atoms with Gasteiger partial charge in [-0.25, -0.2) is 0 Å². The molecule has 0 aliphatic carbocycles. The van der Waals surface area contributed by atoms with E-state index >= 15 is 0 Å². The Morgan fingerprint density at radius 2 is 1.75 bits per heavy atom. The summed E-state index contributed by atoms with van der Waals surface area (Å²) in [5, 5.41) is 10.5. The lowest BCUT2D eigenvalue weighted by Crippen LogP contribution is -2.03. The summed E-state index contributed by atoms with van der Waals surface area (Å²) in [5.74, 6) is 1.13. The molecule has 0 bridgehead atoms. The summed E-state index contributed by atoms with van der Waals surface area (Å²) in [5.41, 5.74) is 1.10. The Morgan fingerprint density at radius 1 is 1.10 bits per heavy atom. The molecule has 1 aromatic carbocycles. The van der Waals surface area contributed by atoms with E-state index in [4.69, 9.17) is 32.7 Å². The standard InChI is InChI=1S/C13H11BrCl2O3S/c1-18-9-5-8(14)10(19-2)3-6(9)12(17)7-4-11(15)20-13(7)16/h3-5,12,17H,1-2H3. The first-order valence-electron chi connectivity index (χ1n) is 5.52. The maximum absolute atomic E-state index is 10.5. The number of thiophene rings is 1. The predicted octanol–water partition coefficient (Wildman–Crippen LogP) is 4.92. The molecule has 3 nitrogen and oxygen atoms in total. The topological polar surface area (TPSA) is 38.7 Å². The van der Waals surface area contributed by atoms with Crippen molar-refractivity contribution in [1.82, 2.24) is 0 Å². The van der Waals surface area contributed by atoms with Crippen LogP contribution in [-0.4, -0.2) is 19.3 Å². The van der Waals surface area contributed by atoms with Gasteiger partial charge in [-0.3, -0.25) is 0 Å². The van der Waals surface area contributed by atoms with Gasteiger partial charge in [-0.05, 0) is 34.1 Å². The summed E-state index contributed by atoms with van der Waals surface area (Å²) in [7, 11) is 3.09. The summed E-state index contributed by atoms with van der Waals surface area (Å²) in [4.78, 5) is 0. The molecule has 1 heterocycles. The number of hydrogen-bond donors (Lipinski definition) is 1. The van der Waals surface area contributed by atoms with Crippen molar-refractivity contribution in [1.29, 1.82) is 0 Å². The van der Waals surface area contributed by atoms with Gasteiger partial charge in [0.25, 0.3) is 0 Å². The lowest BCUT2D eigenvalue weighted by molar-refractivity contribution is 0.214. The molecule has 108 valence electrons. The largest absolute Gasteiger partial charge is 0.496 e. The van der Waals surface area contributed by atoms with Gasteiger partial charge in [-0.15, -0.1) is 11.3 Å². The molecule has 1 N–H and O–H groups in total. The second-order valence-corrected chi connectivity index (χ2v) is 7.05. The van der Waals surface area contributed by atoms with E-state index < -0.39 is 6.10 Å². The highest BCUT2D eigenvalue weighted by Crippen LogP contribution is 2.42. The predicted molar refractivity (Wildman–Crippen MR) is 85.6 cm³/mol. The Bertz CT molecular complexity index is 630. The molecule has 1 aromatic heterocycles. The fourth-order valence-electron chi connectivity index (χ4n) is 1.80. The number of benzene rings is 1. The average molecular weight is 398 g/mol. The maximum atomic E-state index is 10.5. The quantitative estimate of drug-likeness (QED) is 0.795. The molecule has 1 atom stereocenters. The van der Waals surface area contributed by atoms with Crippen LogP contribution in [0.4, 0.5) is 0 Å². The Hall–Kier alpha value is -0.460. The van der Waals surface area contributed by atoms with Gasteiger partial charge < -0.3 is 14.6 Å². The number of aliphatic hydroxyl groups excluding tert-OH is 1. The minimum absolute atomic E-state index is 0.450. The van der Waals surface area contributed by atoms with Gasteiger partial charge in [0, 0.05) is 11.1 Å². The summed E-state index contributed by atoms with van der Waals surface area (Å²) in [6.45, 7) is 0. The second kappa shape index (κ2) is 6.54. The van der Waals surface area contributed by atoms with Crippen molar-refractivity contribution in [3.05, 3.63) is 42.5 Å². The van der Waals surface area contributed by atoms with Crippen LogP contribution in [0.25, 0.3) is 0 Å². The molecule has 0 saturated carbocycles. The summed E-state index contributed by atoms with van der Waals surface area (Å²) in [6, 6.07) is 5.09. The number of methoxy groups -OCH3 is 2. The van der Waals surface area contributed by atoms with E-state index in [1.165, 1.54) is 18.4 Å². The SMILES string of the molecule is COc1cc(C(O)c2cc(Cl)sc2Cl)c(OC)cc1Br. The van der Waals surface area contributed by atoms with Crippen molar-refractivity contribution in [3.8, 4) is 11.5 Å². The third-order valence-electron chi connectivity index (χ3n) is 2.78.